The molecule has 5 rings (SSSR count). The van der Waals surface area contributed by atoms with Crippen LogP contribution in [0, 0.1) is 5.82 Å². The number of carbonyl (C=O) groups excluding carboxylic acids is 2. The van der Waals surface area contributed by atoms with Gasteiger partial charge in [-0.25, -0.2) is 4.39 Å². The number of ketones is 1. The van der Waals surface area contributed by atoms with Crippen LogP contribution in [0.1, 0.15) is 36.1 Å². The van der Waals surface area contributed by atoms with Gasteiger partial charge in [-0.3, -0.25) is 14.5 Å². The molecule has 198 valence electrons. The first kappa shape index (κ1) is 26.6. The number of halogens is 1. The molecule has 10 heteroatoms. The van der Waals surface area contributed by atoms with Gasteiger partial charge >= 0.3 is 5.91 Å². The molecule has 0 saturated carbocycles. The molecule has 0 spiro atoms. The van der Waals surface area contributed by atoms with Crippen molar-refractivity contribution in [1.29, 1.82) is 0 Å². The number of carbonyl (C=O) groups is 2. The highest BCUT2D eigenvalue weighted by molar-refractivity contribution is 8.00. The van der Waals surface area contributed by atoms with Gasteiger partial charge in [-0.1, -0.05) is 90.7 Å². The normalized spacial score (nSPS) is 16.6. The number of nitrogens with zero attached hydrogens (tertiary/aromatic N) is 3. The Morgan fingerprint density at radius 3 is 2.59 bits per heavy atom. The zero-order valence-electron chi connectivity index (χ0n) is 20.9. The van der Waals surface area contributed by atoms with Crippen LogP contribution in [0.5, 0.6) is 5.75 Å². The third-order valence-electron chi connectivity index (χ3n) is 6.05. The first-order chi connectivity index (χ1) is 19.0. The first-order valence-electron chi connectivity index (χ1n) is 12.3. The van der Waals surface area contributed by atoms with Crippen LogP contribution in [0.4, 0.5) is 9.52 Å². The Kier molecular flexibility index (Phi) is 8.04. The lowest BCUT2D eigenvalue weighted by molar-refractivity contribution is -0.132. The molecule has 1 aromatic heterocycles. The fourth-order valence-electron chi connectivity index (χ4n) is 4.20. The van der Waals surface area contributed by atoms with Crippen molar-refractivity contribution in [3.05, 3.63) is 107 Å². The molecule has 1 saturated heterocycles. The summed E-state index contributed by atoms with van der Waals surface area (Å²) in [6.07, 6.45) is 0.814. The Hall–Kier alpha value is -4.02. The zero-order valence-corrected chi connectivity index (χ0v) is 22.5. The second-order valence-electron chi connectivity index (χ2n) is 8.69. The number of anilines is 1. The zero-order chi connectivity index (χ0) is 27.4. The number of hydrogen-bond donors (Lipinski definition) is 1. The van der Waals surface area contributed by atoms with E-state index in [9.17, 15) is 19.1 Å². The maximum atomic E-state index is 14.1. The molecule has 2 heterocycles. The van der Waals surface area contributed by atoms with Crippen LogP contribution in [0.2, 0.25) is 0 Å². The summed E-state index contributed by atoms with van der Waals surface area (Å²) < 4.78 is 20.4. The van der Waals surface area contributed by atoms with E-state index in [-0.39, 0.29) is 22.3 Å². The summed E-state index contributed by atoms with van der Waals surface area (Å²) in [6, 6.07) is 21.2. The van der Waals surface area contributed by atoms with Gasteiger partial charge < -0.3 is 9.84 Å². The Morgan fingerprint density at radius 2 is 1.82 bits per heavy atom. The van der Waals surface area contributed by atoms with Crippen LogP contribution < -0.4 is 9.64 Å². The highest BCUT2D eigenvalue weighted by Crippen LogP contribution is 2.44. The molecule has 0 aliphatic carbocycles. The van der Waals surface area contributed by atoms with Gasteiger partial charge in [0.1, 0.15) is 17.3 Å². The van der Waals surface area contributed by atoms with Gasteiger partial charge in [0, 0.05) is 11.3 Å². The minimum atomic E-state index is -0.951. The lowest BCUT2D eigenvalue weighted by Crippen LogP contribution is -2.29. The summed E-state index contributed by atoms with van der Waals surface area (Å²) >= 11 is 2.41. The predicted molar refractivity (Wildman–Crippen MR) is 149 cm³/mol. The minimum Gasteiger partial charge on any atom is -0.507 e. The molecule has 0 bridgehead atoms. The first-order valence-corrected chi connectivity index (χ1v) is 14.1. The molecule has 4 aromatic rings. The largest absolute Gasteiger partial charge is 0.507 e. The van der Waals surface area contributed by atoms with Gasteiger partial charge in [0.05, 0.1) is 18.2 Å². The topological polar surface area (TPSA) is 92.6 Å². The van der Waals surface area contributed by atoms with E-state index in [2.05, 4.69) is 10.2 Å². The number of thioether (sulfide) groups is 1. The van der Waals surface area contributed by atoms with Crippen molar-refractivity contribution < 1.29 is 23.8 Å². The van der Waals surface area contributed by atoms with Crippen LogP contribution in [0.25, 0.3) is 5.76 Å². The molecule has 3 aromatic carbocycles. The van der Waals surface area contributed by atoms with Crippen molar-refractivity contribution in [3.63, 3.8) is 0 Å². The van der Waals surface area contributed by atoms with E-state index in [4.69, 9.17) is 4.74 Å². The summed E-state index contributed by atoms with van der Waals surface area (Å²) in [5.41, 5.74) is 1.47. The van der Waals surface area contributed by atoms with E-state index < -0.39 is 17.7 Å². The van der Waals surface area contributed by atoms with Crippen molar-refractivity contribution >= 4 is 45.7 Å². The predicted octanol–water partition coefficient (Wildman–Crippen LogP) is 6.38. The second kappa shape index (κ2) is 11.8. The molecule has 1 amide bonds. The number of rotatable bonds is 9. The molecule has 1 N–H and O–H groups in total. The maximum absolute atomic E-state index is 14.1. The summed E-state index contributed by atoms with van der Waals surface area (Å²) in [5.74, 6) is -1.32. The van der Waals surface area contributed by atoms with Crippen LogP contribution >= 0.6 is 23.1 Å². The molecule has 0 radical (unpaired) electrons. The number of amides is 1. The molecule has 1 unspecified atom stereocenters. The van der Waals surface area contributed by atoms with E-state index >= 15 is 0 Å². The van der Waals surface area contributed by atoms with E-state index in [1.807, 2.05) is 6.92 Å². The number of hydrogen-bond acceptors (Lipinski definition) is 8. The Labute approximate surface area is 233 Å². The lowest BCUT2D eigenvalue weighted by atomic mass is 9.95. The van der Waals surface area contributed by atoms with E-state index in [0.717, 1.165) is 17.8 Å². The SMILES string of the molecule is CCCOc1cccc(C2/C(=C(\O)c3ccccc3)C(=O)C(=O)N2c2nnc(SCc3ccccc3F)s2)c1. The van der Waals surface area contributed by atoms with Crippen molar-refractivity contribution in [2.45, 2.75) is 29.5 Å². The highest BCUT2D eigenvalue weighted by atomic mass is 32.2. The Bertz CT molecular complexity index is 1540. The molecule has 39 heavy (non-hydrogen) atoms. The molecule has 1 aliphatic heterocycles. The number of ether oxygens (including phenoxy) is 1. The maximum Gasteiger partial charge on any atom is 0.301 e. The van der Waals surface area contributed by atoms with Gasteiger partial charge in [0.15, 0.2) is 4.34 Å². The Balaban J connectivity index is 1.54. The van der Waals surface area contributed by atoms with Gasteiger partial charge in [-0.05, 0) is 35.7 Å². The third kappa shape index (κ3) is 5.57. The van der Waals surface area contributed by atoms with Gasteiger partial charge in [0.25, 0.3) is 5.78 Å². The van der Waals surface area contributed by atoms with Crippen molar-refractivity contribution in [2.75, 3.05) is 11.5 Å². The third-order valence-corrected chi connectivity index (χ3v) is 8.15. The number of aliphatic hydroxyl groups excluding tert-OH is 1. The second-order valence-corrected chi connectivity index (χ2v) is 10.9. The van der Waals surface area contributed by atoms with E-state index in [1.54, 1.807) is 72.8 Å². The van der Waals surface area contributed by atoms with Crippen LogP contribution in [-0.2, 0) is 15.3 Å². The summed E-state index contributed by atoms with van der Waals surface area (Å²) in [7, 11) is 0. The summed E-state index contributed by atoms with van der Waals surface area (Å²) in [5, 5.41) is 19.8. The minimum absolute atomic E-state index is 0.0467. The highest BCUT2D eigenvalue weighted by Gasteiger charge is 2.48. The molecule has 1 aliphatic rings. The monoisotopic (exact) mass is 561 g/mol. The standard InChI is InChI=1S/C29H24FN3O4S2/c1-2-15-37-21-13-8-12-19(16-21)24-23(25(34)18-9-4-3-5-10-18)26(35)27(36)33(24)28-31-32-29(39-28)38-17-20-11-6-7-14-22(20)30/h3-14,16,24,34H,2,15,17H2,1H3/b25-23+. The molecular weight excluding hydrogens is 537 g/mol. The quantitative estimate of drug-likeness (QED) is 0.0833. The van der Waals surface area contributed by atoms with Crippen LogP contribution in [-0.4, -0.2) is 33.6 Å². The van der Waals surface area contributed by atoms with Crippen molar-refractivity contribution in [3.8, 4) is 5.75 Å². The molecule has 1 fully saturated rings. The van der Waals surface area contributed by atoms with Gasteiger partial charge in [0.2, 0.25) is 5.13 Å². The average Bonchev–Trinajstić information content (AvgIpc) is 3.53. The van der Waals surface area contributed by atoms with Gasteiger partial charge in [-0.2, -0.15) is 0 Å². The van der Waals surface area contributed by atoms with Crippen LogP contribution in [0.15, 0.2) is 88.8 Å². The fraction of sp³-hybridized carbons (Fsp3) is 0.172. The smallest absolute Gasteiger partial charge is 0.301 e. The molecular formula is C29H24FN3O4S2. The Morgan fingerprint density at radius 1 is 1.05 bits per heavy atom. The number of aliphatic hydroxyl groups is 1. The average molecular weight is 562 g/mol. The van der Waals surface area contributed by atoms with Gasteiger partial charge in [-0.15, -0.1) is 10.2 Å². The molecule has 1 atom stereocenters. The summed E-state index contributed by atoms with van der Waals surface area (Å²) in [6.45, 7) is 2.50. The van der Waals surface area contributed by atoms with Crippen molar-refractivity contribution in [1.82, 2.24) is 10.2 Å². The van der Waals surface area contributed by atoms with Crippen molar-refractivity contribution in [2.24, 2.45) is 0 Å². The van der Waals surface area contributed by atoms with Crippen LogP contribution in [0.3, 0.4) is 0 Å². The van der Waals surface area contributed by atoms with E-state index in [1.165, 1.54) is 22.7 Å². The number of benzene rings is 3. The fourth-order valence-corrected chi connectivity index (χ4v) is 6.06. The number of aromatic nitrogens is 2. The lowest BCUT2D eigenvalue weighted by Gasteiger charge is -2.23. The molecule has 7 nitrogen and oxygen atoms in total. The number of Topliss-reactive ketones (excluding diaryl/α,β-unsaturated/α-hetero) is 1. The van der Waals surface area contributed by atoms with E-state index in [0.29, 0.717) is 39.1 Å². The summed E-state index contributed by atoms with van der Waals surface area (Å²) in [4.78, 5) is 28.0.